The van der Waals surface area contributed by atoms with E-state index in [2.05, 4.69) is 9.72 Å². The maximum atomic E-state index is 12.5. The number of aromatic nitrogens is 1. The highest BCUT2D eigenvalue weighted by Crippen LogP contribution is 2.08. The summed E-state index contributed by atoms with van der Waals surface area (Å²) in [5.74, 6) is -1.06. The summed E-state index contributed by atoms with van der Waals surface area (Å²) in [6.45, 7) is -0.0122. The number of ether oxygens (including phenoxy) is 1. The third-order valence-corrected chi connectivity index (χ3v) is 3.10. The highest BCUT2D eigenvalue weighted by Gasteiger charge is 2.21. The third-order valence-electron chi connectivity index (χ3n) is 3.10. The molecule has 0 bridgehead atoms. The topological polar surface area (TPSA) is 79.5 Å². The van der Waals surface area contributed by atoms with Gasteiger partial charge in [-0.3, -0.25) is 14.4 Å². The Balaban J connectivity index is 2.27. The van der Waals surface area contributed by atoms with Crippen LogP contribution in [0, 0.1) is 0 Å². The van der Waals surface area contributed by atoms with Crippen molar-refractivity contribution in [3.8, 4) is 0 Å². The van der Waals surface area contributed by atoms with Crippen LogP contribution in [0.3, 0.4) is 0 Å². The van der Waals surface area contributed by atoms with Gasteiger partial charge in [0.2, 0.25) is 0 Å². The van der Waals surface area contributed by atoms with Gasteiger partial charge in [-0.15, -0.1) is 0 Å². The summed E-state index contributed by atoms with van der Waals surface area (Å²) in [4.78, 5) is 39.5. The van der Waals surface area contributed by atoms with Crippen LogP contribution >= 0.6 is 0 Å². The number of rotatable bonds is 5. The minimum Gasteiger partial charge on any atom is -0.468 e. The van der Waals surface area contributed by atoms with E-state index in [0.717, 1.165) is 5.56 Å². The smallest absolute Gasteiger partial charge is 0.325 e. The van der Waals surface area contributed by atoms with Gasteiger partial charge >= 0.3 is 5.97 Å². The lowest BCUT2D eigenvalue weighted by molar-refractivity contribution is -0.141. The lowest BCUT2D eigenvalue weighted by Crippen LogP contribution is -2.38. The largest absolute Gasteiger partial charge is 0.468 e. The first-order chi connectivity index (χ1) is 10.6. The molecule has 0 aliphatic heterocycles. The summed E-state index contributed by atoms with van der Waals surface area (Å²) >= 11 is 0. The third kappa shape index (κ3) is 3.82. The van der Waals surface area contributed by atoms with Crippen molar-refractivity contribution >= 4 is 11.9 Å². The van der Waals surface area contributed by atoms with Crippen LogP contribution in [0.15, 0.2) is 53.5 Å². The zero-order valence-electron chi connectivity index (χ0n) is 12.1. The van der Waals surface area contributed by atoms with E-state index in [0.29, 0.717) is 0 Å². The molecular weight excluding hydrogens is 284 g/mol. The molecule has 6 nitrogen and oxygen atoms in total. The second-order valence-corrected chi connectivity index (χ2v) is 4.64. The Morgan fingerprint density at radius 2 is 1.86 bits per heavy atom. The van der Waals surface area contributed by atoms with Crippen molar-refractivity contribution in [2.75, 3.05) is 13.7 Å². The summed E-state index contributed by atoms with van der Waals surface area (Å²) in [5, 5.41) is 0. The van der Waals surface area contributed by atoms with Crippen LogP contribution in [0.2, 0.25) is 0 Å². The highest BCUT2D eigenvalue weighted by molar-refractivity contribution is 5.95. The van der Waals surface area contributed by atoms with Gasteiger partial charge in [0.25, 0.3) is 11.5 Å². The van der Waals surface area contributed by atoms with Gasteiger partial charge in [-0.1, -0.05) is 30.3 Å². The summed E-state index contributed by atoms with van der Waals surface area (Å²) in [5.41, 5.74) is 0.352. The Kier molecular flexibility index (Phi) is 5.08. The number of amides is 1. The first kappa shape index (κ1) is 15.5. The number of nitrogens with zero attached hydrogens (tertiary/aromatic N) is 1. The highest BCUT2D eigenvalue weighted by atomic mass is 16.5. The number of hydrogen-bond donors (Lipinski definition) is 1. The number of nitrogens with one attached hydrogen (secondary N) is 1. The number of benzene rings is 1. The molecule has 0 radical (unpaired) electrons. The summed E-state index contributed by atoms with van der Waals surface area (Å²) in [6, 6.07) is 12.2. The molecular formula is C16H16N2O4. The molecule has 1 N–H and O–H groups in total. The van der Waals surface area contributed by atoms with Crippen molar-refractivity contribution in [2.24, 2.45) is 0 Å². The zero-order valence-corrected chi connectivity index (χ0v) is 12.1. The summed E-state index contributed by atoms with van der Waals surface area (Å²) in [7, 11) is 1.25. The number of esters is 1. The van der Waals surface area contributed by atoms with E-state index in [1.54, 1.807) is 6.07 Å². The molecule has 0 saturated heterocycles. The van der Waals surface area contributed by atoms with E-state index in [1.807, 2.05) is 30.3 Å². The van der Waals surface area contributed by atoms with Crippen molar-refractivity contribution in [1.29, 1.82) is 0 Å². The number of pyridine rings is 1. The van der Waals surface area contributed by atoms with E-state index in [4.69, 9.17) is 0 Å². The number of aromatic amines is 1. The lowest BCUT2D eigenvalue weighted by atomic mass is 10.2. The molecule has 0 atom stereocenters. The van der Waals surface area contributed by atoms with Crippen molar-refractivity contribution in [3.63, 3.8) is 0 Å². The average molecular weight is 300 g/mol. The van der Waals surface area contributed by atoms with Crippen LogP contribution in [-0.4, -0.2) is 35.4 Å². The predicted octanol–water partition coefficient (Wildman–Crippen LogP) is 1.19. The molecule has 0 spiro atoms. The molecule has 0 aliphatic carbocycles. The van der Waals surface area contributed by atoms with Gasteiger partial charge in [0.05, 0.1) is 7.11 Å². The molecule has 0 fully saturated rings. The van der Waals surface area contributed by atoms with Gasteiger partial charge < -0.3 is 14.6 Å². The Bertz CT molecular complexity index is 709. The van der Waals surface area contributed by atoms with Gasteiger partial charge in [-0.2, -0.15) is 0 Å². The number of carbonyl (C=O) groups excluding carboxylic acids is 2. The van der Waals surface area contributed by atoms with Crippen molar-refractivity contribution < 1.29 is 14.3 Å². The first-order valence-corrected chi connectivity index (χ1v) is 6.69. The minimum atomic E-state index is -0.545. The molecule has 114 valence electrons. The molecule has 6 heteroatoms. The van der Waals surface area contributed by atoms with Crippen molar-refractivity contribution in [1.82, 2.24) is 9.88 Å². The first-order valence-electron chi connectivity index (χ1n) is 6.69. The number of carbonyl (C=O) groups is 2. The second-order valence-electron chi connectivity index (χ2n) is 4.64. The quantitative estimate of drug-likeness (QED) is 0.841. The van der Waals surface area contributed by atoms with Crippen molar-refractivity contribution in [2.45, 2.75) is 6.54 Å². The fourth-order valence-corrected chi connectivity index (χ4v) is 1.98. The Morgan fingerprint density at radius 3 is 2.50 bits per heavy atom. The van der Waals surface area contributed by atoms with E-state index in [-0.39, 0.29) is 18.7 Å². The summed E-state index contributed by atoms with van der Waals surface area (Å²) < 4.78 is 4.62. The summed E-state index contributed by atoms with van der Waals surface area (Å²) in [6.07, 6.45) is 1.45. The van der Waals surface area contributed by atoms with Gasteiger partial charge in [-0.05, 0) is 17.7 Å². The van der Waals surface area contributed by atoms with Crippen LogP contribution in [0.1, 0.15) is 15.9 Å². The Hall–Kier alpha value is -2.89. The number of methoxy groups -OCH3 is 1. The maximum Gasteiger partial charge on any atom is 0.325 e. The molecule has 0 saturated carbocycles. The Labute approximate surface area is 127 Å². The van der Waals surface area contributed by atoms with Crippen LogP contribution in [-0.2, 0) is 16.1 Å². The lowest BCUT2D eigenvalue weighted by Gasteiger charge is -2.21. The molecule has 22 heavy (non-hydrogen) atoms. The minimum absolute atomic E-state index is 0.0117. The van der Waals surface area contributed by atoms with Crippen molar-refractivity contribution in [3.05, 3.63) is 70.1 Å². The monoisotopic (exact) mass is 300 g/mol. The SMILES string of the molecule is COC(=O)CN(Cc1ccccc1)C(=O)c1ccc[nH]c1=O. The predicted molar refractivity (Wildman–Crippen MR) is 80.3 cm³/mol. The van der Waals surface area contributed by atoms with Gasteiger partial charge in [0, 0.05) is 12.7 Å². The van der Waals surface area contributed by atoms with Crippen LogP contribution < -0.4 is 5.56 Å². The molecule has 0 unspecified atom stereocenters. The van der Waals surface area contributed by atoms with E-state index in [9.17, 15) is 14.4 Å². The molecule has 0 aliphatic rings. The van der Waals surface area contributed by atoms with E-state index < -0.39 is 17.4 Å². The standard InChI is InChI=1S/C16H16N2O4/c1-22-14(19)11-18(10-12-6-3-2-4-7-12)16(21)13-8-5-9-17-15(13)20/h2-9H,10-11H2,1H3,(H,17,20). The van der Waals surface area contributed by atoms with Gasteiger partial charge in [-0.25, -0.2) is 0 Å². The van der Waals surface area contributed by atoms with Crippen LogP contribution in [0.5, 0.6) is 0 Å². The molecule has 1 aromatic carbocycles. The van der Waals surface area contributed by atoms with Crippen LogP contribution in [0.25, 0.3) is 0 Å². The number of hydrogen-bond acceptors (Lipinski definition) is 4. The number of H-pyrrole nitrogens is 1. The van der Waals surface area contributed by atoms with Gasteiger partial charge in [0.15, 0.2) is 0 Å². The average Bonchev–Trinajstić information content (AvgIpc) is 2.55. The van der Waals surface area contributed by atoms with Crippen LogP contribution in [0.4, 0.5) is 0 Å². The van der Waals surface area contributed by atoms with E-state index >= 15 is 0 Å². The van der Waals surface area contributed by atoms with E-state index in [1.165, 1.54) is 24.3 Å². The second kappa shape index (κ2) is 7.21. The molecule has 2 rings (SSSR count). The molecule has 1 amide bonds. The molecule has 1 aromatic heterocycles. The van der Waals surface area contributed by atoms with Gasteiger partial charge in [0.1, 0.15) is 12.1 Å². The zero-order chi connectivity index (χ0) is 15.9. The normalized spacial score (nSPS) is 10.0. The molecule has 2 aromatic rings. The Morgan fingerprint density at radius 1 is 1.14 bits per heavy atom. The molecule has 1 heterocycles. The fourth-order valence-electron chi connectivity index (χ4n) is 1.98. The maximum absolute atomic E-state index is 12.5. The fraction of sp³-hybridized carbons (Fsp3) is 0.188.